The third-order valence-electron chi connectivity index (χ3n) is 5.14. The molecule has 0 bridgehead atoms. The quantitative estimate of drug-likeness (QED) is 0.686. The number of carbonyl (C=O) groups excluding carboxylic acids is 1. The minimum atomic E-state index is -0.374. The van der Waals surface area contributed by atoms with Crippen LogP contribution in [-0.2, 0) is 4.79 Å². The lowest BCUT2D eigenvalue weighted by molar-refractivity contribution is -0.122. The summed E-state index contributed by atoms with van der Waals surface area (Å²) in [6, 6.07) is 10.1. The zero-order valence-corrected chi connectivity index (χ0v) is 15.0. The Bertz CT molecular complexity index is 484. The number of hydrogen-bond acceptors (Lipinski definition) is 3. The van der Waals surface area contributed by atoms with Crippen molar-refractivity contribution in [1.29, 1.82) is 0 Å². The maximum atomic E-state index is 12.3. The Kier molecular flexibility index (Phi) is 7.73. The highest BCUT2D eigenvalue weighted by atomic mass is 16.3. The van der Waals surface area contributed by atoms with Gasteiger partial charge in [0.05, 0.1) is 6.10 Å². The molecule has 3 atom stereocenters. The van der Waals surface area contributed by atoms with Gasteiger partial charge in [-0.15, -0.1) is 0 Å². The second-order valence-corrected chi connectivity index (χ2v) is 7.27. The van der Waals surface area contributed by atoms with Crippen LogP contribution in [0.25, 0.3) is 0 Å². The molecule has 0 aromatic heterocycles. The van der Waals surface area contributed by atoms with Crippen LogP contribution >= 0.6 is 0 Å². The van der Waals surface area contributed by atoms with Crippen molar-refractivity contribution in [2.45, 2.75) is 51.6 Å². The number of aliphatic hydroxyl groups is 1. The van der Waals surface area contributed by atoms with Gasteiger partial charge in [0, 0.05) is 18.9 Å². The van der Waals surface area contributed by atoms with Crippen LogP contribution in [0.2, 0.25) is 0 Å². The third kappa shape index (κ3) is 6.25. The number of rotatable bonds is 8. The van der Waals surface area contributed by atoms with E-state index in [2.05, 4.69) is 29.7 Å². The monoisotopic (exact) mass is 332 g/mol. The first-order valence-electron chi connectivity index (χ1n) is 9.26. The predicted molar refractivity (Wildman–Crippen MR) is 97.9 cm³/mol. The first kappa shape index (κ1) is 18.9. The molecule has 0 spiro atoms. The van der Waals surface area contributed by atoms with E-state index >= 15 is 0 Å². The normalized spacial score (nSPS) is 19.5. The Labute approximate surface area is 146 Å². The molecule has 0 radical (unpaired) electrons. The minimum Gasteiger partial charge on any atom is -0.393 e. The molecule has 24 heavy (non-hydrogen) atoms. The molecule has 134 valence electrons. The van der Waals surface area contributed by atoms with E-state index in [1.807, 2.05) is 18.2 Å². The lowest BCUT2D eigenvalue weighted by atomic mass is 9.84. The summed E-state index contributed by atoms with van der Waals surface area (Å²) in [4.78, 5) is 12.3. The lowest BCUT2D eigenvalue weighted by Gasteiger charge is -2.28. The van der Waals surface area contributed by atoms with Crippen molar-refractivity contribution >= 4 is 5.91 Å². The Morgan fingerprint density at radius 1 is 1.25 bits per heavy atom. The Hall–Kier alpha value is -1.39. The number of aliphatic hydroxyl groups excluding tert-OH is 1. The van der Waals surface area contributed by atoms with Gasteiger partial charge < -0.3 is 15.7 Å². The van der Waals surface area contributed by atoms with Gasteiger partial charge >= 0.3 is 0 Å². The van der Waals surface area contributed by atoms with E-state index in [1.54, 1.807) is 6.92 Å². The highest BCUT2D eigenvalue weighted by Crippen LogP contribution is 2.24. The van der Waals surface area contributed by atoms with Gasteiger partial charge in [-0.1, -0.05) is 37.3 Å². The molecule has 3 unspecified atom stereocenters. The van der Waals surface area contributed by atoms with Crippen LogP contribution in [-0.4, -0.2) is 36.8 Å². The molecule has 2 rings (SSSR count). The van der Waals surface area contributed by atoms with Crippen molar-refractivity contribution in [1.82, 2.24) is 10.6 Å². The molecule has 1 aliphatic heterocycles. The first-order chi connectivity index (χ1) is 11.6. The van der Waals surface area contributed by atoms with E-state index in [4.69, 9.17) is 0 Å². The summed E-state index contributed by atoms with van der Waals surface area (Å²) in [6.45, 7) is 6.73. The molecular formula is C20H32N2O2. The second-order valence-electron chi connectivity index (χ2n) is 7.27. The van der Waals surface area contributed by atoms with Gasteiger partial charge in [-0.3, -0.25) is 4.79 Å². The summed E-state index contributed by atoms with van der Waals surface area (Å²) < 4.78 is 0. The fourth-order valence-corrected chi connectivity index (χ4v) is 3.66. The van der Waals surface area contributed by atoms with Crippen molar-refractivity contribution in [2.24, 2.45) is 11.8 Å². The zero-order valence-electron chi connectivity index (χ0n) is 15.0. The molecule has 0 aliphatic carbocycles. The number of piperidine rings is 1. The molecule has 1 aromatic carbocycles. The Balaban J connectivity index is 1.83. The van der Waals surface area contributed by atoms with Crippen LogP contribution in [0.5, 0.6) is 0 Å². The Morgan fingerprint density at radius 2 is 1.92 bits per heavy atom. The number of amides is 1. The number of benzene rings is 1. The smallest absolute Gasteiger partial charge is 0.220 e. The molecule has 4 nitrogen and oxygen atoms in total. The standard InChI is InChI=1S/C20H32N2O2/c1-15(17-8-10-21-11-9-17)12-20(24)22-14-19(13-16(2)23)18-6-4-3-5-7-18/h3-7,15-17,19,21,23H,8-14H2,1-2H3,(H,22,24). The van der Waals surface area contributed by atoms with Crippen LogP contribution in [0.1, 0.15) is 51.0 Å². The largest absolute Gasteiger partial charge is 0.393 e. The summed E-state index contributed by atoms with van der Waals surface area (Å²) in [5, 5.41) is 16.2. The predicted octanol–water partition coefficient (Wildman–Crippen LogP) is 2.68. The summed E-state index contributed by atoms with van der Waals surface area (Å²) in [7, 11) is 0. The SMILES string of the molecule is CC(O)CC(CNC(=O)CC(C)C1CCNCC1)c1ccccc1. The van der Waals surface area contributed by atoms with Crippen molar-refractivity contribution in [2.75, 3.05) is 19.6 Å². The Morgan fingerprint density at radius 3 is 2.54 bits per heavy atom. The summed E-state index contributed by atoms with van der Waals surface area (Å²) >= 11 is 0. The van der Waals surface area contributed by atoms with Gasteiger partial charge in [-0.25, -0.2) is 0 Å². The van der Waals surface area contributed by atoms with E-state index < -0.39 is 0 Å². The third-order valence-corrected chi connectivity index (χ3v) is 5.14. The van der Waals surface area contributed by atoms with Crippen molar-refractivity contribution in [3.8, 4) is 0 Å². The van der Waals surface area contributed by atoms with Crippen LogP contribution in [0.4, 0.5) is 0 Å². The molecule has 0 saturated carbocycles. The summed E-state index contributed by atoms with van der Waals surface area (Å²) in [5.41, 5.74) is 1.17. The van der Waals surface area contributed by atoms with Gasteiger partial charge in [0.15, 0.2) is 0 Å². The topological polar surface area (TPSA) is 61.4 Å². The van der Waals surface area contributed by atoms with Crippen LogP contribution in [0, 0.1) is 11.8 Å². The number of hydrogen-bond donors (Lipinski definition) is 3. The molecule has 1 aromatic rings. The molecule has 1 saturated heterocycles. The van der Waals surface area contributed by atoms with E-state index in [9.17, 15) is 9.90 Å². The molecule has 3 N–H and O–H groups in total. The van der Waals surface area contributed by atoms with Gasteiger partial charge in [-0.2, -0.15) is 0 Å². The van der Waals surface area contributed by atoms with Crippen molar-refractivity contribution in [3.05, 3.63) is 35.9 Å². The van der Waals surface area contributed by atoms with Gasteiger partial charge in [0.2, 0.25) is 5.91 Å². The van der Waals surface area contributed by atoms with Gasteiger partial charge in [-0.05, 0) is 56.7 Å². The minimum absolute atomic E-state index is 0.132. The fraction of sp³-hybridized carbons (Fsp3) is 0.650. The summed E-state index contributed by atoms with van der Waals surface area (Å²) in [6.07, 6.45) is 3.22. The molecular weight excluding hydrogens is 300 g/mol. The van der Waals surface area contributed by atoms with Gasteiger partial charge in [0.1, 0.15) is 0 Å². The van der Waals surface area contributed by atoms with Crippen LogP contribution < -0.4 is 10.6 Å². The lowest BCUT2D eigenvalue weighted by Crippen LogP contribution is -2.35. The second kappa shape index (κ2) is 9.80. The highest BCUT2D eigenvalue weighted by Gasteiger charge is 2.22. The molecule has 1 heterocycles. The van der Waals surface area contributed by atoms with Crippen molar-refractivity contribution < 1.29 is 9.90 Å². The van der Waals surface area contributed by atoms with E-state index in [0.717, 1.165) is 13.1 Å². The number of carbonyl (C=O) groups is 1. The van der Waals surface area contributed by atoms with E-state index in [1.165, 1.54) is 18.4 Å². The van der Waals surface area contributed by atoms with E-state index in [-0.39, 0.29) is 17.9 Å². The first-order valence-corrected chi connectivity index (χ1v) is 9.26. The fourth-order valence-electron chi connectivity index (χ4n) is 3.66. The highest BCUT2D eigenvalue weighted by molar-refractivity contribution is 5.76. The average molecular weight is 332 g/mol. The molecule has 4 heteroatoms. The molecule has 1 amide bonds. The summed E-state index contributed by atoms with van der Waals surface area (Å²) in [5.74, 6) is 1.37. The molecule has 1 aliphatic rings. The zero-order chi connectivity index (χ0) is 17.4. The van der Waals surface area contributed by atoms with E-state index in [0.29, 0.717) is 31.2 Å². The van der Waals surface area contributed by atoms with Crippen LogP contribution in [0.15, 0.2) is 30.3 Å². The van der Waals surface area contributed by atoms with Crippen LogP contribution in [0.3, 0.4) is 0 Å². The maximum absolute atomic E-state index is 12.3. The molecule has 1 fully saturated rings. The average Bonchev–Trinajstić information content (AvgIpc) is 2.59. The maximum Gasteiger partial charge on any atom is 0.220 e. The number of nitrogens with one attached hydrogen (secondary N) is 2. The van der Waals surface area contributed by atoms with Gasteiger partial charge in [0.25, 0.3) is 0 Å². The van der Waals surface area contributed by atoms with Crippen molar-refractivity contribution in [3.63, 3.8) is 0 Å².